The average Bonchev–Trinajstić information content (AvgIpc) is 2.63. The Morgan fingerprint density at radius 1 is 1.12 bits per heavy atom. The minimum absolute atomic E-state index is 0.181. The molecule has 0 radical (unpaired) electrons. The van der Waals surface area contributed by atoms with Crippen molar-refractivity contribution in [2.75, 3.05) is 13.1 Å². The molecule has 26 heavy (non-hydrogen) atoms. The zero-order valence-electron chi connectivity index (χ0n) is 14.7. The third kappa shape index (κ3) is 6.78. The molecule has 1 saturated heterocycles. The van der Waals surface area contributed by atoms with E-state index < -0.39 is 17.0 Å². The van der Waals surface area contributed by atoms with E-state index in [1.807, 2.05) is 31.2 Å². The molecule has 1 atom stereocenters. The number of aryl methyl sites for hydroxylation is 1. The van der Waals surface area contributed by atoms with Crippen molar-refractivity contribution in [1.82, 2.24) is 4.90 Å². The summed E-state index contributed by atoms with van der Waals surface area (Å²) in [7, 11) is 10.1. The molecular formula is C19H23Cl2FNOPTi. The van der Waals surface area contributed by atoms with E-state index in [0.717, 1.165) is 41.4 Å². The van der Waals surface area contributed by atoms with Gasteiger partial charge in [-0.25, -0.2) is 4.39 Å². The summed E-state index contributed by atoms with van der Waals surface area (Å²) in [5, 5.41) is 12.3. The Hall–Kier alpha value is -0.146. The van der Waals surface area contributed by atoms with Crippen molar-refractivity contribution >= 4 is 37.8 Å². The molecule has 1 heterocycles. The summed E-state index contributed by atoms with van der Waals surface area (Å²) in [5.41, 5.74) is 1.93. The van der Waals surface area contributed by atoms with E-state index in [2.05, 4.69) is 4.90 Å². The van der Waals surface area contributed by atoms with Crippen molar-refractivity contribution in [3.05, 3.63) is 53.3 Å². The summed E-state index contributed by atoms with van der Waals surface area (Å²) in [5.74, 6) is 0.179. The number of likely N-dealkylation sites (tertiary alicyclic amines) is 1. The number of benzene rings is 2. The first kappa shape index (κ1) is 22.1. The van der Waals surface area contributed by atoms with Gasteiger partial charge < -0.3 is 5.11 Å². The summed E-state index contributed by atoms with van der Waals surface area (Å²) >= 11 is -0.556. The van der Waals surface area contributed by atoms with Gasteiger partial charge in [0.05, 0.1) is 0 Å². The van der Waals surface area contributed by atoms with Crippen LogP contribution < -0.4 is 10.6 Å². The van der Waals surface area contributed by atoms with E-state index in [1.165, 1.54) is 25.3 Å². The molecule has 0 aliphatic carbocycles. The van der Waals surface area contributed by atoms with Gasteiger partial charge >= 0.3 is 35.6 Å². The first-order valence-corrected chi connectivity index (χ1v) is 13.9. The number of hydrogen-bond acceptors (Lipinski definition) is 2. The number of phenols is 1. The maximum atomic E-state index is 13.7. The fraction of sp³-hybridized carbons (Fsp3) is 0.368. The Balaban J connectivity index is 0.000000758. The molecule has 1 aliphatic heterocycles. The van der Waals surface area contributed by atoms with Gasteiger partial charge in [0.2, 0.25) is 0 Å². The van der Waals surface area contributed by atoms with Crippen LogP contribution in [0.4, 0.5) is 4.39 Å². The Labute approximate surface area is 173 Å². The van der Waals surface area contributed by atoms with Gasteiger partial charge in [0.15, 0.2) is 0 Å². The second kappa shape index (κ2) is 11.6. The first-order valence-electron chi connectivity index (χ1n) is 8.57. The molecule has 1 unspecified atom stereocenters. The van der Waals surface area contributed by atoms with Crippen LogP contribution >= 0.6 is 27.2 Å². The summed E-state index contributed by atoms with van der Waals surface area (Å²) in [6, 6.07) is 10.9. The van der Waals surface area contributed by atoms with Crippen LogP contribution in [-0.2, 0) is 23.6 Å². The summed E-state index contributed by atoms with van der Waals surface area (Å²) in [6.45, 7) is 4.89. The molecule has 2 nitrogen and oxygen atoms in total. The maximum absolute atomic E-state index is 13.7. The third-order valence-electron chi connectivity index (χ3n) is 4.42. The molecule has 0 saturated carbocycles. The number of halogens is 3. The monoisotopic (exact) mass is 449 g/mol. The SMILES string of the molecule is Cc1cccc(Pc2ccc(F)cc2CN2CCCCC2)c1O.[Cl][Ti][Cl]. The van der Waals surface area contributed by atoms with Crippen LogP contribution in [0.1, 0.15) is 30.4 Å². The van der Waals surface area contributed by atoms with Gasteiger partial charge in [-0.05, 0) is 61.4 Å². The van der Waals surface area contributed by atoms with Gasteiger partial charge in [0, 0.05) is 11.8 Å². The van der Waals surface area contributed by atoms with Crippen molar-refractivity contribution in [1.29, 1.82) is 0 Å². The molecule has 2 aromatic carbocycles. The topological polar surface area (TPSA) is 23.5 Å². The Kier molecular flexibility index (Phi) is 9.92. The number of nitrogens with zero attached hydrogens (tertiary/aromatic N) is 1. The number of aromatic hydroxyl groups is 1. The molecule has 1 N–H and O–H groups in total. The molecular weight excluding hydrogens is 427 g/mol. The van der Waals surface area contributed by atoms with Crippen LogP contribution in [0, 0.1) is 12.7 Å². The van der Waals surface area contributed by atoms with E-state index in [4.69, 9.17) is 18.6 Å². The standard InChI is InChI=1S/C19H23FNOP.2ClH.Ti/c1-14-6-5-7-18(19(14)22)23-17-9-8-16(20)12-15(17)13-21-10-3-2-4-11-21;;;/h5-9,12,22-23H,2-4,10-11,13H2,1H3;2*1H;/q;;;+2/p-2. The minimum atomic E-state index is -0.556. The van der Waals surface area contributed by atoms with E-state index >= 15 is 0 Å². The number of hydrogen-bond donors (Lipinski definition) is 1. The van der Waals surface area contributed by atoms with Crippen LogP contribution in [0.25, 0.3) is 0 Å². The van der Waals surface area contributed by atoms with Crippen molar-refractivity contribution in [3.8, 4) is 5.75 Å². The summed E-state index contributed by atoms with van der Waals surface area (Å²) in [6.07, 6.45) is 3.75. The van der Waals surface area contributed by atoms with Crippen molar-refractivity contribution < 1.29 is 26.5 Å². The zero-order chi connectivity index (χ0) is 18.9. The quantitative estimate of drug-likeness (QED) is 0.533. The molecule has 0 bridgehead atoms. The van der Waals surface area contributed by atoms with Crippen LogP contribution in [0.15, 0.2) is 36.4 Å². The fourth-order valence-electron chi connectivity index (χ4n) is 3.08. The predicted molar refractivity (Wildman–Crippen MR) is 108 cm³/mol. The van der Waals surface area contributed by atoms with Crippen LogP contribution in [0.5, 0.6) is 5.75 Å². The molecule has 3 rings (SSSR count). The molecule has 2 aromatic rings. The van der Waals surface area contributed by atoms with E-state index in [9.17, 15) is 9.50 Å². The second-order valence-corrected chi connectivity index (χ2v) is 10.2. The van der Waals surface area contributed by atoms with Crippen molar-refractivity contribution in [2.45, 2.75) is 32.7 Å². The first-order chi connectivity index (χ1) is 12.5. The molecule has 0 spiro atoms. The molecule has 0 aromatic heterocycles. The number of phenolic OH excluding ortho intramolecular Hbond substituents is 1. The Morgan fingerprint density at radius 2 is 1.81 bits per heavy atom. The molecule has 7 heteroatoms. The molecule has 1 aliphatic rings. The Bertz CT molecular complexity index is 714. The predicted octanol–water partition coefficient (Wildman–Crippen LogP) is 4.83. The molecule has 0 amide bonds. The van der Waals surface area contributed by atoms with Gasteiger partial charge in [-0.3, -0.25) is 4.90 Å². The number of para-hydroxylation sites is 1. The van der Waals surface area contributed by atoms with E-state index in [1.54, 1.807) is 6.07 Å². The second-order valence-electron chi connectivity index (χ2n) is 6.31. The van der Waals surface area contributed by atoms with E-state index in [-0.39, 0.29) is 5.82 Å². The van der Waals surface area contributed by atoms with Crippen LogP contribution in [-0.4, -0.2) is 23.1 Å². The Morgan fingerprint density at radius 3 is 2.50 bits per heavy atom. The molecule has 1 fully saturated rings. The van der Waals surface area contributed by atoms with E-state index in [0.29, 0.717) is 14.3 Å². The third-order valence-corrected chi connectivity index (χ3v) is 5.85. The van der Waals surface area contributed by atoms with Gasteiger partial charge in [-0.15, -0.1) is 0 Å². The van der Waals surface area contributed by atoms with Gasteiger partial charge in [-0.1, -0.05) is 39.3 Å². The number of piperidine rings is 1. The number of rotatable bonds is 4. The average molecular weight is 450 g/mol. The summed E-state index contributed by atoms with van der Waals surface area (Å²) < 4.78 is 13.7. The van der Waals surface area contributed by atoms with Crippen LogP contribution in [0.2, 0.25) is 0 Å². The van der Waals surface area contributed by atoms with Gasteiger partial charge in [0.25, 0.3) is 0 Å². The van der Waals surface area contributed by atoms with Crippen LogP contribution in [0.3, 0.4) is 0 Å². The van der Waals surface area contributed by atoms with Gasteiger partial charge in [0.1, 0.15) is 11.6 Å². The molecule has 140 valence electrons. The zero-order valence-corrected chi connectivity index (χ0v) is 18.8. The van der Waals surface area contributed by atoms with Crippen molar-refractivity contribution in [2.24, 2.45) is 0 Å². The normalized spacial score (nSPS) is 14.9. The van der Waals surface area contributed by atoms with Gasteiger partial charge in [-0.2, -0.15) is 0 Å². The summed E-state index contributed by atoms with van der Waals surface area (Å²) in [4.78, 5) is 2.41. The fourth-order valence-corrected chi connectivity index (χ4v) is 4.34. The van der Waals surface area contributed by atoms with Crippen molar-refractivity contribution in [3.63, 3.8) is 0 Å².